The van der Waals surface area contributed by atoms with Crippen LogP contribution in [0.4, 0.5) is 13.2 Å². The van der Waals surface area contributed by atoms with E-state index in [0.29, 0.717) is 0 Å². The van der Waals surface area contributed by atoms with Crippen molar-refractivity contribution in [1.29, 1.82) is 0 Å². The molecule has 0 saturated heterocycles. The van der Waals surface area contributed by atoms with Crippen LogP contribution in [0.3, 0.4) is 0 Å². The first-order valence-electron chi connectivity index (χ1n) is 3.05. The van der Waals surface area contributed by atoms with Crippen molar-refractivity contribution in [2.45, 2.75) is 12.8 Å². The maximum absolute atomic E-state index is 12.4. The van der Waals surface area contributed by atoms with E-state index in [4.69, 9.17) is 0 Å². The van der Waals surface area contributed by atoms with Crippen LogP contribution in [0, 0.1) is 11.9 Å². The molecule has 0 atom stereocenters. The first-order chi connectivity index (χ1) is 5.00. The second-order valence-electron chi connectivity index (χ2n) is 2.31. The number of hydrogen-bond acceptors (Lipinski definition) is 0. The molecular formula is C8H6F3. The van der Waals surface area contributed by atoms with E-state index in [1.165, 1.54) is 0 Å². The molecule has 0 aliphatic carbocycles. The minimum atomic E-state index is -2.94. The molecule has 11 heavy (non-hydrogen) atoms. The van der Waals surface area contributed by atoms with Gasteiger partial charge in [0.1, 0.15) is 5.82 Å². The van der Waals surface area contributed by atoms with E-state index in [2.05, 4.69) is 6.07 Å². The summed E-state index contributed by atoms with van der Waals surface area (Å²) in [4.78, 5) is 0. The van der Waals surface area contributed by atoms with Gasteiger partial charge in [-0.1, -0.05) is 0 Å². The van der Waals surface area contributed by atoms with Crippen molar-refractivity contribution in [3.05, 3.63) is 35.6 Å². The standard InChI is InChI=1S/C8H6F3/c1-8(10,11)6-2-4-7(9)5-3-6/h2,4-5H,1H3. The van der Waals surface area contributed by atoms with Crippen LogP contribution in [0.25, 0.3) is 0 Å². The zero-order valence-electron chi connectivity index (χ0n) is 5.87. The highest BCUT2D eigenvalue weighted by molar-refractivity contribution is 5.18. The largest absolute Gasteiger partial charge is 0.271 e. The maximum atomic E-state index is 12.4. The Labute approximate surface area is 62.7 Å². The SMILES string of the molecule is CC(F)(F)c1[c]cc(F)cc1. The number of alkyl halides is 2. The van der Waals surface area contributed by atoms with Crippen LogP contribution in [-0.2, 0) is 5.92 Å². The highest BCUT2D eigenvalue weighted by Gasteiger charge is 2.23. The van der Waals surface area contributed by atoms with E-state index in [-0.39, 0.29) is 5.56 Å². The third-order valence-electron chi connectivity index (χ3n) is 1.25. The van der Waals surface area contributed by atoms with E-state index in [1.807, 2.05) is 0 Å². The molecule has 0 aliphatic rings. The van der Waals surface area contributed by atoms with Crippen LogP contribution in [0.15, 0.2) is 18.2 Å². The minimum absolute atomic E-state index is 0.293. The lowest BCUT2D eigenvalue weighted by Gasteiger charge is -2.08. The van der Waals surface area contributed by atoms with Gasteiger partial charge >= 0.3 is 0 Å². The molecule has 0 heterocycles. The third-order valence-corrected chi connectivity index (χ3v) is 1.25. The minimum Gasteiger partial charge on any atom is -0.207 e. The van der Waals surface area contributed by atoms with Gasteiger partial charge in [-0.2, -0.15) is 0 Å². The van der Waals surface area contributed by atoms with Gasteiger partial charge < -0.3 is 0 Å². The van der Waals surface area contributed by atoms with Gasteiger partial charge in [0.05, 0.1) is 0 Å². The van der Waals surface area contributed by atoms with Gasteiger partial charge in [0.15, 0.2) is 0 Å². The lowest BCUT2D eigenvalue weighted by atomic mass is 10.1. The van der Waals surface area contributed by atoms with Crippen LogP contribution < -0.4 is 0 Å². The number of benzene rings is 1. The fourth-order valence-corrected chi connectivity index (χ4v) is 0.679. The highest BCUT2D eigenvalue weighted by atomic mass is 19.3. The number of rotatable bonds is 1. The molecule has 0 saturated carbocycles. The molecule has 0 aliphatic heterocycles. The van der Waals surface area contributed by atoms with E-state index in [0.717, 1.165) is 25.1 Å². The molecule has 0 spiro atoms. The van der Waals surface area contributed by atoms with Gasteiger partial charge in [0.25, 0.3) is 5.92 Å². The fourth-order valence-electron chi connectivity index (χ4n) is 0.679. The summed E-state index contributed by atoms with van der Waals surface area (Å²) in [7, 11) is 0. The molecule has 1 aromatic carbocycles. The molecule has 1 rings (SSSR count). The first kappa shape index (κ1) is 8.11. The predicted octanol–water partition coefficient (Wildman–Crippen LogP) is 2.74. The van der Waals surface area contributed by atoms with Crippen LogP contribution >= 0.6 is 0 Å². The van der Waals surface area contributed by atoms with Crippen LogP contribution in [0.1, 0.15) is 12.5 Å². The van der Waals surface area contributed by atoms with Crippen molar-refractivity contribution >= 4 is 0 Å². The molecule has 1 aromatic rings. The topological polar surface area (TPSA) is 0 Å². The Hall–Kier alpha value is -0.990. The maximum Gasteiger partial charge on any atom is 0.271 e. The highest BCUT2D eigenvalue weighted by Crippen LogP contribution is 2.25. The Bertz CT molecular complexity index is 233. The summed E-state index contributed by atoms with van der Waals surface area (Å²) in [5.41, 5.74) is -0.293. The van der Waals surface area contributed by atoms with Gasteiger partial charge in [-0.3, -0.25) is 0 Å². The van der Waals surface area contributed by atoms with Crippen molar-refractivity contribution in [2.24, 2.45) is 0 Å². The van der Waals surface area contributed by atoms with Gasteiger partial charge in [-0.25, -0.2) is 13.2 Å². The first-order valence-corrected chi connectivity index (χ1v) is 3.05. The van der Waals surface area contributed by atoms with Crippen molar-refractivity contribution in [3.8, 4) is 0 Å². The predicted molar refractivity (Wildman–Crippen MR) is 34.8 cm³/mol. The Morgan fingerprint density at radius 2 is 2.00 bits per heavy atom. The average Bonchev–Trinajstić information content (AvgIpc) is 1.86. The van der Waals surface area contributed by atoms with Crippen LogP contribution in [0.2, 0.25) is 0 Å². The van der Waals surface area contributed by atoms with Gasteiger partial charge in [-0.05, 0) is 24.3 Å². The lowest BCUT2D eigenvalue weighted by molar-refractivity contribution is 0.0171. The molecule has 0 unspecified atom stereocenters. The van der Waals surface area contributed by atoms with Gasteiger partial charge in [0, 0.05) is 12.5 Å². The Balaban J connectivity index is 2.99. The quantitative estimate of drug-likeness (QED) is 0.591. The summed E-state index contributed by atoms with van der Waals surface area (Å²) < 4.78 is 37.1. The Kier molecular flexibility index (Phi) is 1.89. The second kappa shape index (κ2) is 2.57. The van der Waals surface area contributed by atoms with E-state index in [9.17, 15) is 13.2 Å². The Morgan fingerprint density at radius 1 is 1.36 bits per heavy atom. The average molecular weight is 159 g/mol. The van der Waals surface area contributed by atoms with Crippen LogP contribution in [-0.4, -0.2) is 0 Å². The normalized spacial score (nSPS) is 11.6. The van der Waals surface area contributed by atoms with Crippen molar-refractivity contribution in [2.75, 3.05) is 0 Å². The molecule has 0 N–H and O–H groups in total. The van der Waals surface area contributed by atoms with Crippen molar-refractivity contribution in [3.63, 3.8) is 0 Å². The van der Waals surface area contributed by atoms with Crippen molar-refractivity contribution < 1.29 is 13.2 Å². The van der Waals surface area contributed by atoms with Crippen molar-refractivity contribution in [1.82, 2.24) is 0 Å². The summed E-state index contributed by atoms with van der Waals surface area (Å²) in [5.74, 6) is -3.49. The van der Waals surface area contributed by atoms with E-state index >= 15 is 0 Å². The zero-order chi connectivity index (χ0) is 8.48. The summed E-state index contributed by atoms with van der Waals surface area (Å²) in [5, 5.41) is 0. The molecule has 0 bridgehead atoms. The molecule has 0 aromatic heterocycles. The number of hydrogen-bond donors (Lipinski definition) is 0. The summed E-state index contributed by atoms with van der Waals surface area (Å²) in [6, 6.07) is 5.06. The summed E-state index contributed by atoms with van der Waals surface area (Å²) >= 11 is 0. The summed E-state index contributed by atoms with van der Waals surface area (Å²) in [6.45, 7) is 0.747. The van der Waals surface area contributed by atoms with E-state index < -0.39 is 11.7 Å². The molecule has 0 amide bonds. The third kappa shape index (κ3) is 1.97. The molecule has 1 radical (unpaired) electrons. The number of halogens is 3. The molecule has 0 nitrogen and oxygen atoms in total. The molecule has 0 fully saturated rings. The van der Waals surface area contributed by atoms with E-state index in [1.54, 1.807) is 0 Å². The molecule has 59 valence electrons. The fraction of sp³-hybridized carbons (Fsp3) is 0.250. The monoisotopic (exact) mass is 159 g/mol. The van der Waals surface area contributed by atoms with Gasteiger partial charge in [0.2, 0.25) is 0 Å². The smallest absolute Gasteiger partial charge is 0.207 e. The van der Waals surface area contributed by atoms with Crippen LogP contribution in [0.5, 0.6) is 0 Å². The summed E-state index contributed by atoms with van der Waals surface area (Å²) in [6.07, 6.45) is 0. The lowest BCUT2D eigenvalue weighted by Crippen LogP contribution is -2.06. The molecule has 3 heteroatoms. The second-order valence-corrected chi connectivity index (χ2v) is 2.31. The van der Waals surface area contributed by atoms with Gasteiger partial charge in [-0.15, -0.1) is 0 Å². The molecular weight excluding hydrogens is 153 g/mol. The Morgan fingerprint density at radius 3 is 2.36 bits per heavy atom. The zero-order valence-corrected chi connectivity index (χ0v) is 5.87.